The topological polar surface area (TPSA) is 110 Å². The summed E-state index contributed by atoms with van der Waals surface area (Å²) in [6, 6.07) is 8.51. The fourth-order valence-electron chi connectivity index (χ4n) is 3.68. The normalized spacial score (nSPS) is 13.4. The molecule has 0 saturated carbocycles. The van der Waals surface area contributed by atoms with Crippen molar-refractivity contribution in [1.82, 2.24) is 5.32 Å². The van der Waals surface area contributed by atoms with Crippen molar-refractivity contribution in [2.45, 2.75) is 53.1 Å². The molecule has 2 rings (SSSR count). The minimum atomic E-state index is -3.90. The van der Waals surface area contributed by atoms with Crippen LogP contribution in [0.2, 0.25) is 0 Å². The van der Waals surface area contributed by atoms with E-state index in [1.54, 1.807) is 13.8 Å². The molecule has 0 aromatic heterocycles. The zero-order chi connectivity index (χ0) is 23.5. The largest absolute Gasteiger partial charge is 0.348 e. The van der Waals surface area contributed by atoms with Crippen LogP contribution in [0.3, 0.4) is 0 Å². The van der Waals surface area contributed by atoms with Crippen LogP contribution in [-0.2, 0) is 14.8 Å². The van der Waals surface area contributed by atoms with E-state index in [0.717, 1.165) is 27.3 Å². The number of nitro benzene ring substituents is 1. The number of hydrogen-bond donors (Lipinski definition) is 1. The monoisotopic (exact) mass is 447 g/mol. The molecule has 0 fully saturated rings. The number of non-ortho nitro benzene ring substituents is 1. The van der Waals surface area contributed by atoms with Crippen molar-refractivity contribution in [2.75, 3.05) is 10.6 Å². The van der Waals surface area contributed by atoms with Gasteiger partial charge in [0.25, 0.3) is 5.69 Å². The van der Waals surface area contributed by atoms with E-state index >= 15 is 0 Å². The van der Waals surface area contributed by atoms with E-state index in [4.69, 9.17) is 0 Å². The van der Waals surface area contributed by atoms with E-state index in [1.165, 1.54) is 18.2 Å². The minimum Gasteiger partial charge on any atom is -0.348 e. The molecular formula is C22H29N3O5S. The first kappa shape index (κ1) is 24.3. The maximum Gasteiger partial charge on any atom is 0.271 e. The summed E-state index contributed by atoms with van der Waals surface area (Å²) in [5.41, 5.74) is 3.47. The molecule has 2 aromatic rings. The van der Waals surface area contributed by atoms with E-state index in [0.29, 0.717) is 5.56 Å². The number of nitrogens with one attached hydrogen (secondary N) is 1. The lowest BCUT2D eigenvalue weighted by Crippen LogP contribution is -2.50. The summed E-state index contributed by atoms with van der Waals surface area (Å²) in [5, 5.41) is 14.1. The molecule has 0 spiro atoms. The Balaban J connectivity index is 2.45. The molecule has 0 aliphatic carbocycles. The molecule has 1 N–H and O–H groups in total. The van der Waals surface area contributed by atoms with Crippen molar-refractivity contribution in [3.05, 3.63) is 68.8 Å². The number of nitro groups is 1. The summed E-state index contributed by atoms with van der Waals surface area (Å²) in [5.74, 6) is -0.466. The first-order valence-electron chi connectivity index (χ1n) is 9.98. The first-order valence-corrected chi connectivity index (χ1v) is 11.8. The Hall–Kier alpha value is -2.94. The van der Waals surface area contributed by atoms with Crippen LogP contribution in [0, 0.1) is 30.9 Å². The molecular weight excluding hydrogens is 418 g/mol. The van der Waals surface area contributed by atoms with Crippen LogP contribution in [-0.4, -0.2) is 31.5 Å². The Kier molecular flexibility index (Phi) is 7.43. The van der Waals surface area contributed by atoms with Gasteiger partial charge in [0, 0.05) is 12.1 Å². The van der Waals surface area contributed by atoms with E-state index in [-0.39, 0.29) is 23.8 Å². The Morgan fingerprint density at radius 1 is 1.13 bits per heavy atom. The Morgan fingerprint density at radius 3 is 2.29 bits per heavy atom. The molecule has 2 aromatic carbocycles. The molecule has 0 bridgehead atoms. The quantitative estimate of drug-likeness (QED) is 0.487. The highest BCUT2D eigenvalue weighted by Crippen LogP contribution is 2.30. The molecule has 0 radical (unpaired) electrons. The predicted molar refractivity (Wildman–Crippen MR) is 122 cm³/mol. The van der Waals surface area contributed by atoms with E-state index in [2.05, 4.69) is 5.32 Å². The highest BCUT2D eigenvalue weighted by Gasteiger charge is 2.34. The number of carbonyl (C=O) groups excluding carboxylic acids is 1. The predicted octanol–water partition coefficient (Wildman–Crippen LogP) is 3.94. The molecule has 31 heavy (non-hydrogen) atoms. The van der Waals surface area contributed by atoms with Crippen LogP contribution < -0.4 is 9.62 Å². The Labute approximate surface area is 183 Å². The lowest BCUT2D eigenvalue weighted by Gasteiger charge is -2.32. The van der Waals surface area contributed by atoms with Gasteiger partial charge in [0.1, 0.15) is 6.04 Å². The highest BCUT2D eigenvalue weighted by molar-refractivity contribution is 7.92. The maximum absolute atomic E-state index is 13.2. The fraction of sp³-hybridized carbons (Fsp3) is 0.409. The number of amides is 1. The zero-order valence-electron chi connectivity index (χ0n) is 18.7. The average molecular weight is 448 g/mol. The molecule has 9 heteroatoms. The summed E-state index contributed by atoms with van der Waals surface area (Å²) < 4.78 is 26.4. The standard InChI is InChI=1S/C22H29N3O5S/c1-7-20(22(26)23-17(5)19-11-8-14(2)12-16(19)4)24(31(6,29)30)21-13-18(25(27)28)10-9-15(21)3/h8-13,17,20H,7H2,1-6H3,(H,23,26)/t17-,20-/m1/s1. The number of rotatable bonds is 8. The number of carbonyl (C=O) groups is 1. The Morgan fingerprint density at radius 2 is 1.77 bits per heavy atom. The maximum atomic E-state index is 13.2. The summed E-state index contributed by atoms with van der Waals surface area (Å²) in [6.07, 6.45) is 1.19. The van der Waals surface area contributed by atoms with Crippen molar-refractivity contribution in [1.29, 1.82) is 0 Å². The van der Waals surface area contributed by atoms with Crippen LogP contribution in [0.5, 0.6) is 0 Å². The number of hydrogen-bond acceptors (Lipinski definition) is 5. The fourth-order valence-corrected chi connectivity index (χ4v) is 4.94. The molecule has 0 aliphatic heterocycles. The number of nitrogens with zero attached hydrogens (tertiary/aromatic N) is 2. The molecule has 0 aliphatic rings. The van der Waals surface area contributed by atoms with Crippen molar-refractivity contribution in [2.24, 2.45) is 0 Å². The van der Waals surface area contributed by atoms with Gasteiger partial charge in [-0.3, -0.25) is 19.2 Å². The van der Waals surface area contributed by atoms with Crippen molar-refractivity contribution < 1.29 is 18.1 Å². The van der Waals surface area contributed by atoms with Gasteiger partial charge in [0.2, 0.25) is 15.9 Å². The second-order valence-corrected chi connectivity index (χ2v) is 9.66. The van der Waals surface area contributed by atoms with Crippen molar-refractivity contribution >= 4 is 27.3 Å². The van der Waals surface area contributed by atoms with Crippen LogP contribution >= 0.6 is 0 Å². The van der Waals surface area contributed by atoms with Gasteiger partial charge in [0.05, 0.1) is 22.9 Å². The van der Waals surface area contributed by atoms with Crippen LogP contribution in [0.25, 0.3) is 0 Å². The average Bonchev–Trinajstić information content (AvgIpc) is 2.65. The molecule has 168 valence electrons. The van der Waals surface area contributed by atoms with Crippen LogP contribution in [0.4, 0.5) is 11.4 Å². The van der Waals surface area contributed by atoms with E-state index in [9.17, 15) is 23.3 Å². The van der Waals surface area contributed by atoms with Gasteiger partial charge in [-0.2, -0.15) is 0 Å². The lowest BCUT2D eigenvalue weighted by molar-refractivity contribution is -0.384. The van der Waals surface area contributed by atoms with E-state index in [1.807, 2.05) is 39.0 Å². The van der Waals surface area contributed by atoms with Gasteiger partial charge >= 0.3 is 0 Å². The van der Waals surface area contributed by atoms with Gasteiger partial charge < -0.3 is 5.32 Å². The van der Waals surface area contributed by atoms with Crippen molar-refractivity contribution in [3.8, 4) is 0 Å². The van der Waals surface area contributed by atoms with Gasteiger partial charge in [-0.25, -0.2) is 8.42 Å². The van der Waals surface area contributed by atoms with Crippen LogP contribution in [0.15, 0.2) is 36.4 Å². The molecule has 0 unspecified atom stereocenters. The number of benzene rings is 2. The smallest absolute Gasteiger partial charge is 0.271 e. The molecule has 8 nitrogen and oxygen atoms in total. The highest BCUT2D eigenvalue weighted by atomic mass is 32.2. The molecule has 0 heterocycles. The molecule has 0 saturated heterocycles. The van der Waals surface area contributed by atoms with Gasteiger partial charge in [-0.15, -0.1) is 0 Å². The number of aryl methyl sites for hydroxylation is 3. The lowest BCUT2D eigenvalue weighted by atomic mass is 10.00. The summed E-state index contributed by atoms with van der Waals surface area (Å²) in [4.78, 5) is 23.8. The first-order chi connectivity index (χ1) is 14.4. The van der Waals surface area contributed by atoms with Crippen molar-refractivity contribution in [3.63, 3.8) is 0 Å². The van der Waals surface area contributed by atoms with Gasteiger partial charge in [-0.05, 0) is 50.8 Å². The van der Waals surface area contributed by atoms with Gasteiger partial charge in [-0.1, -0.05) is 36.8 Å². The zero-order valence-corrected chi connectivity index (χ0v) is 19.5. The minimum absolute atomic E-state index is 0.123. The SMILES string of the molecule is CC[C@H](C(=O)N[C@H](C)c1ccc(C)cc1C)N(c1cc([N+](=O)[O-])ccc1C)S(C)(=O)=O. The van der Waals surface area contributed by atoms with E-state index < -0.39 is 26.9 Å². The molecule has 2 atom stereocenters. The third-order valence-electron chi connectivity index (χ3n) is 5.22. The second-order valence-electron chi connectivity index (χ2n) is 7.80. The third-order valence-corrected chi connectivity index (χ3v) is 6.39. The second kappa shape index (κ2) is 9.47. The summed E-state index contributed by atoms with van der Waals surface area (Å²) >= 11 is 0. The van der Waals surface area contributed by atoms with Crippen LogP contribution in [0.1, 0.15) is 48.6 Å². The third kappa shape index (κ3) is 5.61. The summed E-state index contributed by atoms with van der Waals surface area (Å²) in [6.45, 7) is 9.14. The molecule has 1 amide bonds. The van der Waals surface area contributed by atoms with Gasteiger partial charge in [0.15, 0.2) is 0 Å². The number of anilines is 1. The number of sulfonamides is 1. The summed E-state index contributed by atoms with van der Waals surface area (Å²) in [7, 11) is -3.90. The Bertz CT molecular complexity index is 1100.